The Bertz CT molecular complexity index is 410. The van der Waals surface area contributed by atoms with Crippen molar-refractivity contribution in [2.75, 3.05) is 0 Å². The second-order valence-corrected chi connectivity index (χ2v) is 5.49. The molecular weight excluding hydrogens is 232 g/mol. The van der Waals surface area contributed by atoms with Crippen LogP contribution in [0.5, 0.6) is 0 Å². The molecule has 18 heavy (non-hydrogen) atoms. The third kappa shape index (κ3) is 3.50. The van der Waals surface area contributed by atoms with Gasteiger partial charge in [-0.3, -0.25) is 14.8 Å². The van der Waals surface area contributed by atoms with Crippen LogP contribution in [0.1, 0.15) is 40.3 Å². The number of nitrogens with zero attached hydrogens (tertiary/aromatic N) is 2. The highest BCUT2D eigenvalue weighted by Gasteiger charge is 2.39. The van der Waals surface area contributed by atoms with Crippen molar-refractivity contribution in [2.45, 2.75) is 45.8 Å². The van der Waals surface area contributed by atoms with Gasteiger partial charge in [-0.15, -0.1) is 0 Å². The largest absolute Gasteiger partial charge is 0.460 e. The van der Waals surface area contributed by atoms with Crippen molar-refractivity contribution in [1.29, 1.82) is 0 Å². The monoisotopic (exact) mass is 252 g/mol. The second-order valence-electron chi connectivity index (χ2n) is 5.49. The van der Waals surface area contributed by atoms with E-state index in [-0.39, 0.29) is 0 Å². The van der Waals surface area contributed by atoms with Gasteiger partial charge in [0.25, 0.3) is 0 Å². The van der Waals surface area contributed by atoms with E-state index >= 15 is 0 Å². The minimum Gasteiger partial charge on any atom is -0.460 e. The van der Waals surface area contributed by atoms with Crippen LogP contribution in [0.4, 0.5) is 0 Å². The van der Waals surface area contributed by atoms with Gasteiger partial charge < -0.3 is 9.84 Å². The molecule has 0 aliphatic heterocycles. The first-order valence-electron chi connectivity index (χ1n) is 5.86. The molecule has 0 saturated carbocycles. The van der Waals surface area contributed by atoms with Crippen LogP contribution >= 0.6 is 0 Å². The summed E-state index contributed by atoms with van der Waals surface area (Å²) in [5, 5.41) is 10.4. The predicted octanol–water partition coefficient (Wildman–Crippen LogP) is 1.66. The number of ether oxygens (including phenoxy) is 1. The van der Waals surface area contributed by atoms with E-state index in [1.807, 2.05) is 0 Å². The molecule has 0 bridgehead atoms. The molecule has 0 aliphatic carbocycles. The van der Waals surface area contributed by atoms with E-state index in [0.717, 1.165) is 0 Å². The number of aromatic nitrogens is 2. The summed E-state index contributed by atoms with van der Waals surface area (Å²) in [5.74, 6) is -1.19. The highest BCUT2D eigenvalue weighted by molar-refractivity contribution is 5.74. The van der Waals surface area contributed by atoms with Crippen molar-refractivity contribution in [3.8, 4) is 0 Å². The fourth-order valence-corrected chi connectivity index (χ4v) is 1.40. The summed E-state index contributed by atoms with van der Waals surface area (Å²) in [6, 6.07) is 0. The number of esters is 1. The van der Waals surface area contributed by atoms with Gasteiger partial charge >= 0.3 is 5.97 Å². The third-order valence-corrected chi connectivity index (χ3v) is 2.69. The first-order chi connectivity index (χ1) is 8.14. The van der Waals surface area contributed by atoms with Crippen LogP contribution in [0.15, 0.2) is 18.6 Å². The predicted molar refractivity (Wildman–Crippen MR) is 66.6 cm³/mol. The zero-order valence-electron chi connectivity index (χ0n) is 11.5. The van der Waals surface area contributed by atoms with Crippen molar-refractivity contribution < 1.29 is 14.6 Å². The zero-order chi connectivity index (χ0) is 14.0. The Morgan fingerprint density at radius 1 is 1.33 bits per heavy atom. The van der Waals surface area contributed by atoms with Crippen LogP contribution in [0.3, 0.4) is 0 Å². The Balaban J connectivity index is 2.89. The Labute approximate surface area is 107 Å². The lowest BCUT2D eigenvalue weighted by Gasteiger charge is -2.30. The summed E-state index contributed by atoms with van der Waals surface area (Å²) in [6.07, 6.45) is 4.43. The van der Waals surface area contributed by atoms with Gasteiger partial charge in [-0.2, -0.15) is 0 Å². The Kier molecular flexibility index (Phi) is 4.06. The molecule has 1 aromatic rings. The molecule has 0 amide bonds. The molecular formula is C13H20N2O3. The Morgan fingerprint density at radius 2 is 1.94 bits per heavy atom. The third-order valence-electron chi connectivity index (χ3n) is 2.69. The molecule has 1 aromatic heterocycles. The van der Waals surface area contributed by atoms with Gasteiger partial charge in [0.1, 0.15) is 11.2 Å². The van der Waals surface area contributed by atoms with Gasteiger partial charge in [0, 0.05) is 12.4 Å². The van der Waals surface area contributed by atoms with Crippen LogP contribution in [0.25, 0.3) is 0 Å². The summed E-state index contributed by atoms with van der Waals surface area (Å²) in [5.41, 5.74) is -1.64. The molecule has 0 saturated heterocycles. The quantitative estimate of drug-likeness (QED) is 0.828. The number of hydrogen-bond acceptors (Lipinski definition) is 5. The van der Waals surface area contributed by atoms with E-state index in [0.29, 0.717) is 5.69 Å². The molecule has 1 N–H and O–H groups in total. The fraction of sp³-hybridized carbons (Fsp3) is 0.615. The second kappa shape index (κ2) is 5.02. The molecule has 0 aliphatic rings. The maximum absolute atomic E-state index is 11.9. The van der Waals surface area contributed by atoms with Gasteiger partial charge in [0.15, 0.2) is 0 Å². The lowest BCUT2D eigenvalue weighted by molar-refractivity contribution is -0.168. The van der Waals surface area contributed by atoms with E-state index < -0.39 is 23.1 Å². The maximum Gasteiger partial charge on any atom is 0.312 e. The maximum atomic E-state index is 11.9. The van der Waals surface area contributed by atoms with E-state index in [4.69, 9.17) is 4.74 Å². The molecule has 2 unspecified atom stereocenters. The van der Waals surface area contributed by atoms with E-state index in [1.165, 1.54) is 25.5 Å². The zero-order valence-corrected chi connectivity index (χ0v) is 11.5. The van der Waals surface area contributed by atoms with Crippen molar-refractivity contribution in [1.82, 2.24) is 9.97 Å². The number of rotatable bonds is 3. The Morgan fingerprint density at radius 3 is 2.39 bits per heavy atom. The molecule has 0 aromatic carbocycles. The first kappa shape index (κ1) is 14.6. The van der Waals surface area contributed by atoms with Gasteiger partial charge in [-0.05, 0) is 34.6 Å². The van der Waals surface area contributed by atoms with Gasteiger partial charge in [0.2, 0.25) is 0 Å². The standard InChI is InChI=1S/C13H20N2O3/c1-9(11(16)18-12(2,3)4)13(5,17)10-8-14-6-7-15-10/h6-9,17H,1-5H3. The van der Waals surface area contributed by atoms with Gasteiger partial charge in [0.05, 0.1) is 17.8 Å². The normalized spacial score (nSPS) is 16.8. The lowest BCUT2D eigenvalue weighted by atomic mass is 9.87. The van der Waals surface area contributed by atoms with Crippen LogP contribution in [-0.2, 0) is 15.1 Å². The molecule has 2 atom stereocenters. The van der Waals surface area contributed by atoms with E-state index in [1.54, 1.807) is 27.7 Å². The average Bonchev–Trinajstić information content (AvgIpc) is 2.27. The molecule has 5 nitrogen and oxygen atoms in total. The summed E-state index contributed by atoms with van der Waals surface area (Å²) in [4.78, 5) is 19.9. The molecule has 1 heterocycles. The summed E-state index contributed by atoms with van der Waals surface area (Å²) < 4.78 is 5.26. The van der Waals surface area contributed by atoms with Crippen molar-refractivity contribution in [3.05, 3.63) is 24.3 Å². The van der Waals surface area contributed by atoms with Crippen LogP contribution < -0.4 is 0 Å². The molecule has 1 rings (SSSR count). The van der Waals surface area contributed by atoms with E-state index in [2.05, 4.69) is 9.97 Å². The molecule has 0 radical (unpaired) electrons. The van der Waals surface area contributed by atoms with Crippen molar-refractivity contribution >= 4 is 5.97 Å². The number of carbonyl (C=O) groups excluding carboxylic acids is 1. The summed E-state index contributed by atoms with van der Waals surface area (Å²) >= 11 is 0. The van der Waals surface area contributed by atoms with Crippen molar-refractivity contribution in [3.63, 3.8) is 0 Å². The van der Waals surface area contributed by atoms with E-state index in [9.17, 15) is 9.90 Å². The molecule has 5 heteroatoms. The highest BCUT2D eigenvalue weighted by atomic mass is 16.6. The minimum absolute atomic E-state index is 0.350. The molecule has 100 valence electrons. The summed E-state index contributed by atoms with van der Waals surface area (Å²) in [6.45, 7) is 8.51. The molecule has 0 spiro atoms. The van der Waals surface area contributed by atoms with Gasteiger partial charge in [-0.1, -0.05) is 0 Å². The highest BCUT2D eigenvalue weighted by Crippen LogP contribution is 2.29. The molecule has 0 fully saturated rings. The topological polar surface area (TPSA) is 72.3 Å². The van der Waals surface area contributed by atoms with Crippen molar-refractivity contribution in [2.24, 2.45) is 5.92 Å². The average molecular weight is 252 g/mol. The first-order valence-corrected chi connectivity index (χ1v) is 5.86. The summed E-state index contributed by atoms with van der Waals surface area (Å²) in [7, 11) is 0. The van der Waals surface area contributed by atoms with Crippen LogP contribution in [0.2, 0.25) is 0 Å². The van der Waals surface area contributed by atoms with Crippen LogP contribution in [-0.4, -0.2) is 26.6 Å². The smallest absolute Gasteiger partial charge is 0.312 e. The minimum atomic E-state index is -1.41. The number of hydrogen-bond donors (Lipinski definition) is 1. The Hall–Kier alpha value is -1.49. The van der Waals surface area contributed by atoms with Gasteiger partial charge in [-0.25, -0.2) is 0 Å². The lowest BCUT2D eigenvalue weighted by Crippen LogP contribution is -2.39. The SMILES string of the molecule is CC(C(=O)OC(C)(C)C)C(C)(O)c1cnccn1. The fourth-order valence-electron chi connectivity index (χ4n) is 1.40. The van der Waals surface area contributed by atoms with Crippen LogP contribution in [0, 0.1) is 5.92 Å². The number of carbonyl (C=O) groups is 1. The number of aliphatic hydroxyl groups is 1.